The summed E-state index contributed by atoms with van der Waals surface area (Å²) in [6.07, 6.45) is 0.249. The molecule has 2 aliphatic heterocycles. The average molecular weight is 427 g/mol. The van der Waals surface area contributed by atoms with Crippen LogP contribution in [0.5, 0.6) is 0 Å². The van der Waals surface area contributed by atoms with E-state index in [2.05, 4.69) is 4.99 Å². The van der Waals surface area contributed by atoms with E-state index in [1.807, 2.05) is 34.5 Å². The maximum absolute atomic E-state index is 12.4. The molecule has 4 rings (SSSR count). The molecule has 2 aliphatic rings. The minimum atomic E-state index is -3.08. The smallest absolute Gasteiger partial charge is 0.253 e. The number of fused-ring (bicyclic) bond motifs is 1. The van der Waals surface area contributed by atoms with Gasteiger partial charge in [-0.15, -0.1) is 11.3 Å². The first-order valence-electron chi connectivity index (χ1n) is 7.97. The molecule has 0 bridgehead atoms. The second-order valence-corrected chi connectivity index (χ2v) is 11.0. The van der Waals surface area contributed by atoms with Gasteiger partial charge >= 0.3 is 0 Å². The molecule has 136 valence electrons. The first kappa shape index (κ1) is 18.0. The van der Waals surface area contributed by atoms with Crippen molar-refractivity contribution >= 4 is 61.3 Å². The highest BCUT2D eigenvalue weighted by Crippen LogP contribution is 2.41. The molecule has 0 N–H and O–H groups in total. The van der Waals surface area contributed by atoms with Crippen molar-refractivity contribution in [2.45, 2.75) is 17.7 Å². The maximum atomic E-state index is 12.4. The molecule has 26 heavy (non-hydrogen) atoms. The molecule has 2 fully saturated rings. The minimum absolute atomic E-state index is 0.0648. The normalized spacial score (nSPS) is 25.6. The highest BCUT2D eigenvalue weighted by molar-refractivity contribution is 8.16. The SMILES string of the molecule is O=C(Cc1cccs1)N=C1S[C@@H]2CS(=O)(=O)C[C@H]2N1c1cccc(Cl)c1. The van der Waals surface area contributed by atoms with E-state index in [1.54, 1.807) is 12.1 Å². The van der Waals surface area contributed by atoms with E-state index in [0.29, 0.717) is 10.2 Å². The van der Waals surface area contributed by atoms with Gasteiger partial charge < -0.3 is 4.90 Å². The van der Waals surface area contributed by atoms with Crippen molar-refractivity contribution in [2.75, 3.05) is 16.4 Å². The Hall–Kier alpha value is -1.35. The Labute approximate surface area is 165 Å². The summed E-state index contributed by atoms with van der Waals surface area (Å²) >= 11 is 9.00. The van der Waals surface area contributed by atoms with Gasteiger partial charge in [0.25, 0.3) is 5.91 Å². The summed E-state index contributed by atoms with van der Waals surface area (Å²) < 4.78 is 24.1. The Morgan fingerprint density at radius 1 is 1.27 bits per heavy atom. The van der Waals surface area contributed by atoms with Gasteiger partial charge in [-0.2, -0.15) is 4.99 Å². The number of halogens is 1. The number of carbonyl (C=O) groups is 1. The van der Waals surface area contributed by atoms with Crippen LogP contribution in [-0.4, -0.2) is 42.3 Å². The number of carbonyl (C=O) groups excluding carboxylic acids is 1. The summed E-state index contributed by atoms with van der Waals surface area (Å²) in [7, 11) is -3.08. The fourth-order valence-electron chi connectivity index (χ4n) is 3.20. The molecule has 2 atom stereocenters. The van der Waals surface area contributed by atoms with Crippen LogP contribution in [0.1, 0.15) is 4.88 Å². The molecular formula is C17H15ClN2O3S3. The lowest BCUT2D eigenvalue weighted by Crippen LogP contribution is -2.37. The number of aliphatic imine (C=N–C) groups is 1. The van der Waals surface area contributed by atoms with Crippen molar-refractivity contribution in [2.24, 2.45) is 4.99 Å². The number of anilines is 1. The summed E-state index contributed by atoms with van der Waals surface area (Å²) in [5.41, 5.74) is 0.761. The Morgan fingerprint density at radius 2 is 2.12 bits per heavy atom. The van der Waals surface area contributed by atoms with Crippen molar-refractivity contribution in [1.82, 2.24) is 0 Å². The molecule has 1 aromatic carbocycles. The fourth-order valence-corrected chi connectivity index (χ4v) is 8.01. The van der Waals surface area contributed by atoms with Crippen molar-refractivity contribution in [3.05, 3.63) is 51.7 Å². The Bertz CT molecular complexity index is 973. The lowest BCUT2D eigenvalue weighted by Gasteiger charge is -2.24. The van der Waals surface area contributed by atoms with Crippen LogP contribution < -0.4 is 4.90 Å². The molecular weight excluding hydrogens is 412 g/mol. The number of sulfone groups is 1. The average Bonchev–Trinajstić information content (AvgIpc) is 3.22. The van der Waals surface area contributed by atoms with Crippen LogP contribution in [0.15, 0.2) is 46.8 Å². The molecule has 5 nitrogen and oxygen atoms in total. The van der Waals surface area contributed by atoms with E-state index in [4.69, 9.17) is 11.6 Å². The number of thioether (sulfide) groups is 1. The Balaban J connectivity index is 1.67. The molecule has 9 heteroatoms. The van der Waals surface area contributed by atoms with Gasteiger partial charge in [0.05, 0.1) is 24.0 Å². The molecule has 2 saturated heterocycles. The molecule has 2 aromatic rings. The number of nitrogens with zero attached hydrogens (tertiary/aromatic N) is 2. The van der Waals surface area contributed by atoms with E-state index in [0.717, 1.165) is 10.6 Å². The highest BCUT2D eigenvalue weighted by Gasteiger charge is 2.49. The van der Waals surface area contributed by atoms with Crippen LogP contribution in [0.25, 0.3) is 0 Å². The zero-order valence-corrected chi connectivity index (χ0v) is 16.7. The van der Waals surface area contributed by atoms with E-state index >= 15 is 0 Å². The zero-order chi connectivity index (χ0) is 18.3. The summed E-state index contributed by atoms with van der Waals surface area (Å²) in [6, 6.07) is 10.8. The standard InChI is InChI=1S/C17H15ClN2O3S3/c18-11-3-1-4-12(7-11)20-14-9-26(22,23)10-15(14)25-17(20)19-16(21)8-13-5-2-6-24-13/h1-7,14-15H,8-10H2/t14-,15-/m1/s1. The first-order chi connectivity index (χ1) is 12.4. The molecule has 1 aromatic heterocycles. The molecule has 0 radical (unpaired) electrons. The maximum Gasteiger partial charge on any atom is 0.253 e. The summed E-state index contributed by atoms with van der Waals surface area (Å²) in [5, 5.41) is 2.92. The lowest BCUT2D eigenvalue weighted by atomic mass is 10.2. The van der Waals surface area contributed by atoms with E-state index < -0.39 is 9.84 Å². The third kappa shape index (κ3) is 3.69. The van der Waals surface area contributed by atoms with Gasteiger partial charge in [0.1, 0.15) is 0 Å². The van der Waals surface area contributed by atoms with E-state index in [9.17, 15) is 13.2 Å². The lowest BCUT2D eigenvalue weighted by molar-refractivity contribution is -0.117. The predicted molar refractivity (Wildman–Crippen MR) is 108 cm³/mol. The number of benzene rings is 1. The molecule has 1 amide bonds. The first-order valence-corrected chi connectivity index (χ1v) is 11.9. The molecule has 0 unspecified atom stereocenters. The summed E-state index contributed by atoms with van der Waals surface area (Å²) in [6.45, 7) is 0. The number of rotatable bonds is 3. The van der Waals surface area contributed by atoms with Crippen molar-refractivity contribution in [1.29, 1.82) is 0 Å². The van der Waals surface area contributed by atoms with Gasteiger partial charge in [-0.3, -0.25) is 4.79 Å². The third-order valence-electron chi connectivity index (χ3n) is 4.28. The second kappa shape index (κ2) is 6.99. The van der Waals surface area contributed by atoms with E-state index in [1.165, 1.54) is 23.1 Å². The topological polar surface area (TPSA) is 66.8 Å². The number of hydrogen-bond donors (Lipinski definition) is 0. The Morgan fingerprint density at radius 3 is 2.85 bits per heavy atom. The second-order valence-electron chi connectivity index (χ2n) is 6.19. The molecule has 3 heterocycles. The Kier molecular flexibility index (Phi) is 4.85. The summed E-state index contributed by atoms with van der Waals surface area (Å²) in [5.74, 6) is -0.0582. The highest BCUT2D eigenvalue weighted by atomic mass is 35.5. The van der Waals surface area contributed by atoms with Gasteiger partial charge in [0, 0.05) is 20.8 Å². The van der Waals surface area contributed by atoms with Crippen LogP contribution in [0, 0.1) is 0 Å². The quantitative estimate of drug-likeness (QED) is 0.753. The largest absolute Gasteiger partial charge is 0.316 e. The van der Waals surface area contributed by atoms with Crippen molar-refractivity contribution in [3.8, 4) is 0 Å². The van der Waals surface area contributed by atoms with Crippen LogP contribution >= 0.6 is 34.7 Å². The van der Waals surface area contributed by atoms with Crippen LogP contribution in [0.4, 0.5) is 5.69 Å². The predicted octanol–water partition coefficient (Wildman–Crippen LogP) is 3.25. The number of thiophene rings is 1. The van der Waals surface area contributed by atoms with Crippen molar-refractivity contribution in [3.63, 3.8) is 0 Å². The summed E-state index contributed by atoms with van der Waals surface area (Å²) in [4.78, 5) is 19.5. The van der Waals surface area contributed by atoms with E-state index in [-0.39, 0.29) is 35.1 Å². The monoisotopic (exact) mass is 426 g/mol. The fraction of sp³-hybridized carbons (Fsp3) is 0.294. The van der Waals surface area contributed by atoms with Gasteiger partial charge in [-0.05, 0) is 29.6 Å². The molecule has 0 spiro atoms. The van der Waals surface area contributed by atoms with Crippen LogP contribution in [0.3, 0.4) is 0 Å². The number of hydrogen-bond acceptors (Lipinski definition) is 5. The molecule has 0 saturated carbocycles. The van der Waals surface area contributed by atoms with Gasteiger partial charge in [0.2, 0.25) is 0 Å². The number of amides is 1. The number of amidine groups is 1. The van der Waals surface area contributed by atoms with Crippen LogP contribution in [-0.2, 0) is 21.1 Å². The van der Waals surface area contributed by atoms with Crippen molar-refractivity contribution < 1.29 is 13.2 Å². The zero-order valence-electron chi connectivity index (χ0n) is 13.5. The van der Waals surface area contributed by atoms with Gasteiger partial charge in [-0.1, -0.05) is 35.5 Å². The van der Waals surface area contributed by atoms with Crippen LogP contribution in [0.2, 0.25) is 5.02 Å². The molecule has 0 aliphatic carbocycles. The third-order valence-corrected chi connectivity index (χ3v) is 8.60. The van der Waals surface area contributed by atoms with Gasteiger partial charge in [-0.25, -0.2) is 8.42 Å². The minimum Gasteiger partial charge on any atom is -0.316 e. The van der Waals surface area contributed by atoms with Gasteiger partial charge in [0.15, 0.2) is 15.0 Å².